The van der Waals surface area contributed by atoms with E-state index in [0.29, 0.717) is 50.0 Å². The Bertz CT molecular complexity index is 1210. The largest absolute Gasteiger partial charge is 0.464 e. The Morgan fingerprint density at radius 3 is 2.71 bits per heavy atom. The number of nitrogens with zero attached hydrogens (tertiary/aromatic N) is 3. The highest BCUT2D eigenvalue weighted by atomic mass is 35.5. The van der Waals surface area contributed by atoms with E-state index in [1.165, 1.54) is 0 Å². The van der Waals surface area contributed by atoms with Crippen LogP contribution in [0, 0.1) is 22.7 Å². The van der Waals surface area contributed by atoms with Crippen LogP contribution in [0.25, 0.3) is 11.3 Å². The maximum Gasteiger partial charge on any atom is 0.334 e. The highest BCUT2D eigenvalue weighted by molar-refractivity contribution is 6.33. The third kappa shape index (κ3) is 9.11. The minimum Gasteiger partial charge on any atom is -0.464 e. The lowest BCUT2D eigenvalue weighted by Crippen LogP contribution is -2.42. The van der Waals surface area contributed by atoms with Crippen LogP contribution in [0.4, 0.5) is 5.82 Å². The van der Waals surface area contributed by atoms with Gasteiger partial charge in [-0.1, -0.05) is 17.7 Å². The first kappa shape index (κ1) is 32.2. The molecule has 3 heterocycles. The summed E-state index contributed by atoms with van der Waals surface area (Å²) < 4.78 is 16.2. The molecule has 0 aromatic carbocycles. The fourth-order valence-electron chi connectivity index (χ4n) is 5.72. The third-order valence-corrected chi connectivity index (χ3v) is 8.61. The number of nitrogens with one attached hydrogen (secondary N) is 2. The van der Waals surface area contributed by atoms with Crippen LogP contribution in [0.2, 0.25) is 5.02 Å². The first-order chi connectivity index (χ1) is 20.3. The fraction of sp³-hybridized carbons (Fsp3) is 0.625. The molecule has 1 aliphatic heterocycles. The molecule has 42 heavy (non-hydrogen) atoms. The molecule has 4 rings (SSSR count). The normalized spacial score (nSPS) is 21.6. The van der Waals surface area contributed by atoms with Crippen molar-refractivity contribution in [3.63, 3.8) is 0 Å². The molecule has 9 nitrogen and oxygen atoms in total. The van der Waals surface area contributed by atoms with Gasteiger partial charge in [-0.2, -0.15) is 5.26 Å². The number of pyridine rings is 2. The summed E-state index contributed by atoms with van der Waals surface area (Å²) in [7, 11) is 0. The van der Waals surface area contributed by atoms with E-state index in [4.69, 9.17) is 30.8 Å². The van der Waals surface area contributed by atoms with Crippen molar-refractivity contribution in [1.29, 1.82) is 5.26 Å². The first-order valence-electron chi connectivity index (χ1n) is 15.2. The van der Waals surface area contributed by atoms with E-state index in [-0.39, 0.29) is 12.0 Å². The zero-order chi connectivity index (χ0) is 30.0. The standard InChI is InChI=1S/C32H44ClN5O4/c1-4-41-31(39)23(3)42-19-22(2)37-25-10-8-24(9-11-25)16-26-17-27(28(33)18-35-26)29-6-5-7-30(38-29)36-21-32(20-34)12-14-40-15-13-32/h5-7,17-18,22-25,37H,4,8-16,19,21H2,1-3H3,(H,36,38)/t22?,23-,24?,25?/m1/s1. The van der Waals surface area contributed by atoms with Gasteiger partial charge in [0, 0.05) is 49.3 Å². The summed E-state index contributed by atoms with van der Waals surface area (Å²) in [4.78, 5) is 21.2. The second-order valence-electron chi connectivity index (χ2n) is 11.6. The van der Waals surface area contributed by atoms with Crippen LogP contribution in [-0.2, 0) is 25.4 Å². The Morgan fingerprint density at radius 2 is 2.00 bits per heavy atom. The average molecular weight is 598 g/mol. The van der Waals surface area contributed by atoms with Crippen molar-refractivity contribution in [2.75, 3.05) is 38.3 Å². The van der Waals surface area contributed by atoms with Crippen LogP contribution in [0.3, 0.4) is 0 Å². The molecule has 228 valence electrons. The number of esters is 1. The smallest absolute Gasteiger partial charge is 0.334 e. The van der Waals surface area contributed by atoms with Gasteiger partial charge in [-0.3, -0.25) is 4.98 Å². The number of carbonyl (C=O) groups excluding carboxylic acids is 1. The molecule has 0 amide bonds. The zero-order valence-corrected chi connectivity index (χ0v) is 25.8. The maximum atomic E-state index is 11.8. The van der Waals surface area contributed by atoms with E-state index < -0.39 is 11.5 Å². The van der Waals surface area contributed by atoms with Gasteiger partial charge >= 0.3 is 5.97 Å². The minimum atomic E-state index is -0.552. The van der Waals surface area contributed by atoms with Gasteiger partial charge in [-0.05, 0) is 89.8 Å². The number of ether oxygens (including phenoxy) is 3. The van der Waals surface area contributed by atoms with Crippen molar-refractivity contribution in [2.45, 2.75) is 83.9 Å². The van der Waals surface area contributed by atoms with Crippen LogP contribution in [0.5, 0.6) is 0 Å². The lowest BCUT2D eigenvalue weighted by molar-refractivity contribution is -0.155. The molecule has 1 aliphatic carbocycles. The predicted octanol–water partition coefficient (Wildman–Crippen LogP) is 5.58. The molecular formula is C32H44ClN5O4. The van der Waals surface area contributed by atoms with E-state index in [1.54, 1.807) is 20.0 Å². The molecule has 2 aromatic rings. The fourth-order valence-corrected chi connectivity index (χ4v) is 5.92. The van der Waals surface area contributed by atoms with Gasteiger partial charge in [0.15, 0.2) is 6.10 Å². The number of anilines is 1. The van der Waals surface area contributed by atoms with Crippen LogP contribution in [-0.4, -0.2) is 67.1 Å². The SMILES string of the molecule is CCOC(=O)[C@@H](C)OCC(C)NC1CCC(Cc2cc(-c3cccc(NCC4(C#N)CCOCC4)n3)c(Cl)cn2)CC1. The molecule has 0 bridgehead atoms. The van der Waals surface area contributed by atoms with Crippen LogP contribution in [0.1, 0.15) is 65.0 Å². The summed E-state index contributed by atoms with van der Waals surface area (Å²) in [5.74, 6) is 0.967. The van der Waals surface area contributed by atoms with E-state index in [1.807, 2.05) is 18.2 Å². The van der Waals surface area contributed by atoms with Gasteiger partial charge in [0.25, 0.3) is 0 Å². The summed E-state index contributed by atoms with van der Waals surface area (Å²) >= 11 is 6.59. The second kappa shape index (κ2) is 15.6. The summed E-state index contributed by atoms with van der Waals surface area (Å²) in [6.45, 7) is 8.21. The van der Waals surface area contributed by atoms with Gasteiger partial charge in [-0.25, -0.2) is 9.78 Å². The number of halogens is 1. The topological polar surface area (TPSA) is 118 Å². The number of carbonyl (C=O) groups is 1. The number of rotatable bonds is 13. The van der Waals surface area contributed by atoms with Crippen LogP contribution in [0.15, 0.2) is 30.5 Å². The van der Waals surface area contributed by atoms with E-state index in [9.17, 15) is 10.1 Å². The number of hydrogen-bond donors (Lipinski definition) is 2. The average Bonchev–Trinajstić information content (AvgIpc) is 3.01. The molecule has 2 aromatic heterocycles. The van der Waals surface area contributed by atoms with Crippen molar-refractivity contribution in [3.8, 4) is 17.3 Å². The Kier molecular flexibility index (Phi) is 12.0. The van der Waals surface area contributed by atoms with Crippen molar-refractivity contribution >= 4 is 23.4 Å². The Labute approximate surface area is 254 Å². The molecule has 2 fully saturated rings. The van der Waals surface area contributed by atoms with Gasteiger partial charge in [0.1, 0.15) is 5.82 Å². The summed E-state index contributed by atoms with van der Waals surface area (Å²) in [6.07, 6.45) is 7.94. The molecule has 1 saturated heterocycles. The van der Waals surface area contributed by atoms with E-state index in [0.717, 1.165) is 67.7 Å². The molecule has 0 radical (unpaired) electrons. The monoisotopic (exact) mass is 597 g/mol. The minimum absolute atomic E-state index is 0.156. The molecule has 2 aliphatic rings. The Balaban J connectivity index is 1.28. The third-order valence-electron chi connectivity index (χ3n) is 8.31. The molecular weight excluding hydrogens is 554 g/mol. The van der Waals surface area contributed by atoms with Crippen molar-refractivity contribution in [3.05, 3.63) is 41.2 Å². The molecule has 0 spiro atoms. The van der Waals surface area contributed by atoms with Gasteiger partial charge in [0.2, 0.25) is 0 Å². The summed E-state index contributed by atoms with van der Waals surface area (Å²) in [5.41, 5.74) is 2.24. The number of nitriles is 1. The summed E-state index contributed by atoms with van der Waals surface area (Å²) in [5, 5.41) is 17.4. The molecule has 1 unspecified atom stereocenters. The lowest BCUT2D eigenvalue weighted by Gasteiger charge is -2.31. The van der Waals surface area contributed by atoms with Crippen molar-refractivity contribution in [1.82, 2.24) is 15.3 Å². The Hall–Kier alpha value is -2.77. The van der Waals surface area contributed by atoms with E-state index >= 15 is 0 Å². The molecule has 10 heteroatoms. The number of aromatic nitrogens is 2. The van der Waals surface area contributed by atoms with Crippen LogP contribution >= 0.6 is 11.6 Å². The first-order valence-corrected chi connectivity index (χ1v) is 15.6. The highest BCUT2D eigenvalue weighted by Crippen LogP contribution is 2.33. The predicted molar refractivity (Wildman–Crippen MR) is 163 cm³/mol. The van der Waals surface area contributed by atoms with Gasteiger partial charge in [-0.15, -0.1) is 0 Å². The Morgan fingerprint density at radius 1 is 1.24 bits per heavy atom. The maximum absolute atomic E-state index is 11.8. The van der Waals surface area contributed by atoms with Crippen LogP contribution < -0.4 is 10.6 Å². The van der Waals surface area contributed by atoms with Gasteiger partial charge < -0.3 is 24.8 Å². The lowest BCUT2D eigenvalue weighted by atomic mass is 9.82. The zero-order valence-electron chi connectivity index (χ0n) is 25.0. The second-order valence-corrected chi connectivity index (χ2v) is 12.0. The quantitative estimate of drug-likeness (QED) is 0.285. The van der Waals surface area contributed by atoms with Gasteiger partial charge in [0.05, 0.1) is 35.4 Å². The molecule has 2 N–H and O–H groups in total. The van der Waals surface area contributed by atoms with Crippen molar-refractivity contribution < 1.29 is 19.0 Å². The highest BCUT2D eigenvalue weighted by Gasteiger charge is 2.32. The van der Waals surface area contributed by atoms with Crippen molar-refractivity contribution in [2.24, 2.45) is 11.3 Å². The molecule has 1 saturated carbocycles. The number of hydrogen-bond acceptors (Lipinski definition) is 9. The summed E-state index contributed by atoms with van der Waals surface area (Å²) in [6, 6.07) is 11.0. The van der Waals surface area contributed by atoms with E-state index in [2.05, 4.69) is 34.7 Å². The molecule has 2 atom stereocenters.